The molecule has 1 aromatic carbocycles. The summed E-state index contributed by atoms with van der Waals surface area (Å²) in [5.41, 5.74) is -0.471. The molecule has 1 fully saturated rings. The number of rotatable bonds is 6. The molecule has 2 aromatic rings. The van der Waals surface area contributed by atoms with Gasteiger partial charge in [-0.1, -0.05) is 12.1 Å². The third kappa shape index (κ3) is 5.39. The number of hydrogen-bond donors (Lipinski definition) is 1. The van der Waals surface area contributed by atoms with Crippen molar-refractivity contribution in [1.82, 2.24) is 14.3 Å². The largest absolute Gasteiger partial charge is 0.416 e. The van der Waals surface area contributed by atoms with E-state index in [2.05, 4.69) is 15.3 Å². The molecule has 0 spiro atoms. The number of halogens is 3. The van der Waals surface area contributed by atoms with Gasteiger partial charge in [0.25, 0.3) is 0 Å². The number of hydrogen-bond acceptors (Lipinski definition) is 6. The Morgan fingerprint density at radius 3 is 2.27 bits per heavy atom. The number of benzene rings is 1. The molecule has 30 heavy (non-hydrogen) atoms. The third-order valence-corrected chi connectivity index (χ3v) is 6.62. The van der Waals surface area contributed by atoms with Crippen LogP contribution in [-0.2, 0) is 22.0 Å². The van der Waals surface area contributed by atoms with E-state index < -0.39 is 21.8 Å². The van der Waals surface area contributed by atoms with Crippen LogP contribution in [0, 0.1) is 6.92 Å². The van der Waals surface area contributed by atoms with Crippen LogP contribution in [0.25, 0.3) is 0 Å². The van der Waals surface area contributed by atoms with Gasteiger partial charge < -0.3 is 10.2 Å². The van der Waals surface area contributed by atoms with Gasteiger partial charge in [-0.3, -0.25) is 0 Å². The Morgan fingerprint density at radius 1 is 1.07 bits per heavy atom. The predicted molar refractivity (Wildman–Crippen MR) is 109 cm³/mol. The van der Waals surface area contributed by atoms with Gasteiger partial charge >= 0.3 is 6.18 Å². The molecule has 7 nitrogen and oxygen atoms in total. The summed E-state index contributed by atoms with van der Waals surface area (Å²) in [7, 11) is -3.63. The number of aromatic nitrogens is 2. The molecule has 0 amide bonds. The van der Waals surface area contributed by atoms with Crippen LogP contribution in [0.15, 0.2) is 30.3 Å². The van der Waals surface area contributed by atoms with Crippen molar-refractivity contribution in [3.63, 3.8) is 0 Å². The Bertz CT molecular complexity index is 973. The minimum atomic E-state index is -4.44. The van der Waals surface area contributed by atoms with E-state index in [4.69, 9.17) is 0 Å². The molecule has 1 aromatic heterocycles. The van der Waals surface area contributed by atoms with Crippen LogP contribution in [0.2, 0.25) is 0 Å². The fourth-order valence-electron chi connectivity index (χ4n) is 3.27. The second-order valence-electron chi connectivity index (χ2n) is 7.03. The molecule has 1 saturated heterocycles. The molecule has 2 heterocycles. The predicted octanol–water partition coefficient (Wildman–Crippen LogP) is 2.89. The van der Waals surface area contributed by atoms with E-state index in [1.54, 1.807) is 6.92 Å². The molecule has 11 heteroatoms. The maximum absolute atomic E-state index is 12.7. The normalized spacial score (nSPS) is 16.0. The lowest BCUT2D eigenvalue weighted by atomic mass is 10.1. The second-order valence-corrected chi connectivity index (χ2v) is 8.99. The summed E-state index contributed by atoms with van der Waals surface area (Å²) in [5, 5.41) is 3.15. The molecule has 0 aliphatic carbocycles. The van der Waals surface area contributed by atoms with Gasteiger partial charge in [0.05, 0.1) is 11.3 Å². The zero-order valence-electron chi connectivity index (χ0n) is 16.8. The van der Waals surface area contributed by atoms with Crippen molar-refractivity contribution >= 4 is 21.7 Å². The molecule has 3 rings (SSSR count). The number of anilines is 2. The van der Waals surface area contributed by atoms with Gasteiger partial charge in [0.1, 0.15) is 17.5 Å². The number of nitrogens with one attached hydrogen (secondary N) is 1. The van der Waals surface area contributed by atoms with Crippen molar-refractivity contribution in [1.29, 1.82) is 0 Å². The monoisotopic (exact) mass is 443 g/mol. The molecular weight excluding hydrogens is 419 g/mol. The maximum atomic E-state index is 12.7. The van der Waals surface area contributed by atoms with Crippen molar-refractivity contribution in [2.75, 3.05) is 42.9 Å². The lowest BCUT2D eigenvalue weighted by Gasteiger charge is -2.34. The second kappa shape index (κ2) is 8.76. The van der Waals surface area contributed by atoms with Crippen molar-refractivity contribution in [3.05, 3.63) is 47.3 Å². The van der Waals surface area contributed by atoms with Crippen molar-refractivity contribution in [2.45, 2.75) is 25.8 Å². The highest BCUT2D eigenvalue weighted by molar-refractivity contribution is 7.88. The van der Waals surface area contributed by atoms with Gasteiger partial charge in [-0.2, -0.15) is 17.5 Å². The van der Waals surface area contributed by atoms with Crippen LogP contribution in [0.3, 0.4) is 0 Å². The lowest BCUT2D eigenvalue weighted by molar-refractivity contribution is -0.137. The average Bonchev–Trinajstić information content (AvgIpc) is 2.67. The summed E-state index contributed by atoms with van der Waals surface area (Å²) in [4.78, 5) is 10.8. The fourth-order valence-corrected chi connectivity index (χ4v) is 4.79. The Hall–Kier alpha value is -2.40. The number of sulfonamides is 1. The first-order valence-corrected chi connectivity index (χ1v) is 11.2. The molecule has 0 bridgehead atoms. The topological polar surface area (TPSA) is 78.4 Å². The zero-order valence-corrected chi connectivity index (χ0v) is 17.6. The first-order chi connectivity index (χ1) is 14.1. The lowest BCUT2D eigenvalue weighted by Crippen LogP contribution is -2.49. The quantitative estimate of drug-likeness (QED) is 0.740. The summed E-state index contributed by atoms with van der Waals surface area (Å²) < 4.78 is 64.8. The standard InChI is InChI=1S/C19H24F3N5O2S/c1-3-23-17-12-18(25-14(2)24-17)26-8-10-27(11-9-26)30(28,29)13-15-4-6-16(7-5-15)19(20,21)22/h4-7,12H,3,8-11,13H2,1-2H3,(H,23,24,25). The minimum absolute atomic E-state index is 0.280. The molecule has 0 atom stereocenters. The molecule has 1 aliphatic rings. The highest BCUT2D eigenvalue weighted by Crippen LogP contribution is 2.29. The SMILES string of the molecule is CCNc1cc(N2CCN(S(=O)(=O)Cc3ccc(C(F)(F)F)cc3)CC2)nc(C)n1. The van der Waals surface area contributed by atoms with Crippen LogP contribution in [-0.4, -0.2) is 55.4 Å². The highest BCUT2D eigenvalue weighted by Gasteiger charge is 2.31. The summed E-state index contributed by atoms with van der Waals surface area (Å²) in [6.07, 6.45) is -4.44. The summed E-state index contributed by atoms with van der Waals surface area (Å²) in [6, 6.07) is 6.07. The molecule has 1 aliphatic heterocycles. The Morgan fingerprint density at radius 2 is 1.70 bits per heavy atom. The summed E-state index contributed by atoms with van der Waals surface area (Å²) >= 11 is 0. The van der Waals surface area contributed by atoms with Crippen LogP contribution in [0.1, 0.15) is 23.9 Å². The van der Waals surface area contributed by atoms with Crippen molar-refractivity contribution in [3.8, 4) is 0 Å². The van der Waals surface area contributed by atoms with Crippen molar-refractivity contribution < 1.29 is 21.6 Å². The number of piperazine rings is 1. The highest BCUT2D eigenvalue weighted by atomic mass is 32.2. The molecule has 0 unspecified atom stereocenters. The smallest absolute Gasteiger partial charge is 0.370 e. The molecular formula is C19H24F3N5O2S. The van der Waals surface area contributed by atoms with Crippen LogP contribution in [0.4, 0.5) is 24.8 Å². The molecule has 0 radical (unpaired) electrons. The van der Waals surface area contributed by atoms with Gasteiger partial charge in [0, 0.05) is 38.8 Å². The van der Waals surface area contributed by atoms with Crippen LogP contribution >= 0.6 is 0 Å². The third-order valence-electron chi connectivity index (χ3n) is 4.77. The van der Waals surface area contributed by atoms with Gasteiger partial charge in [-0.15, -0.1) is 0 Å². The summed E-state index contributed by atoms with van der Waals surface area (Å²) in [6.45, 7) is 5.99. The van der Waals surface area contributed by atoms with E-state index in [9.17, 15) is 21.6 Å². The Labute approximate surface area is 174 Å². The Kier molecular flexibility index (Phi) is 6.51. The zero-order chi connectivity index (χ0) is 21.9. The van der Waals surface area contributed by atoms with E-state index in [-0.39, 0.29) is 18.8 Å². The van der Waals surface area contributed by atoms with Crippen LogP contribution in [0.5, 0.6) is 0 Å². The summed E-state index contributed by atoms with van der Waals surface area (Å²) in [5.74, 6) is 1.75. The average molecular weight is 443 g/mol. The number of aryl methyl sites for hydroxylation is 1. The van der Waals surface area contributed by atoms with E-state index >= 15 is 0 Å². The van der Waals surface area contributed by atoms with Gasteiger partial charge in [0.2, 0.25) is 10.0 Å². The van der Waals surface area contributed by atoms with E-state index in [0.29, 0.717) is 24.5 Å². The van der Waals surface area contributed by atoms with Gasteiger partial charge in [-0.25, -0.2) is 18.4 Å². The fraction of sp³-hybridized carbons (Fsp3) is 0.474. The first kappa shape index (κ1) is 22.3. The molecule has 0 saturated carbocycles. The van der Waals surface area contributed by atoms with Crippen LogP contribution < -0.4 is 10.2 Å². The molecule has 164 valence electrons. The minimum Gasteiger partial charge on any atom is -0.370 e. The molecule has 1 N–H and O–H groups in total. The van der Waals surface area contributed by atoms with Crippen molar-refractivity contribution in [2.24, 2.45) is 0 Å². The number of alkyl halides is 3. The van der Waals surface area contributed by atoms with E-state index in [1.165, 1.54) is 16.4 Å². The first-order valence-electron chi connectivity index (χ1n) is 9.57. The van der Waals surface area contributed by atoms with E-state index in [1.807, 2.05) is 17.9 Å². The van der Waals surface area contributed by atoms with Gasteiger partial charge in [-0.05, 0) is 31.5 Å². The Balaban J connectivity index is 1.64. The van der Waals surface area contributed by atoms with E-state index in [0.717, 1.165) is 30.3 Å². The number of nitrogens with zero attached hydrogens (tertiary/aromatic N) is 4. The maximum Gasteiger partial charge on any atom is 0.416 e. The van der Waals surface area contributed by atoms with Gasteiger partial charge in [0.15, 0.2) is 0 Å².